The van der Waals surface area contributed by atoms with Crippen LogP contribution in [0.1, 0.15) is 50.9 Å². The van der Waals surface area contributed by atoms with E-state index in [1.807, 2.05) is 29.2 Å². The number of amides is 1. The third-order valence-electron chi connectivity index (χ3n) is 7.92. The highest BCUT2D eigenvalue weighted by molar-refractivity contribution is 5.89. The first-order valence-electron chi connectivity index (χ1n) is 13.5. The summed E-state index contributed by atoms with van der Waals surface area (Å²) in [5, 5.41) is 7.59. The van der Waals surface area contributed by atoms with Crippen molar-refractivity contribution in [3.05, 3.63) is 59.6 Å². The van der Waals surface area contributed by atoms with Crippen molar-refractivity contribution < 1.29 is 14.1 Å². The number of benzene rings is 1. The van der Waals surface area contributed by atoms with Crippen LogP contribution >= 0.6 is 0 Å². The Kier molecular flexibility index (Phi) is 7.76. The summed E-state index contributed by atoms with van der Waals surface area (Å²) in [4.78, 5) is 27.6. The van der Waals surface area contributed by atoms with E-state index < -0.39 is 5.54 Å². The average Bonchev–Trinajstić information content (AvgIpc) is 3.37. The summed E-state index contributed by atoms with van der Waals surface area (Å²) in [6, 6.07) is 7.91. The van der Waals surface area contributed by atoms with Crippen LogP contribution in [0.4, 0.5) is 0 Å². The van der Waals surface area contributed by atoms with E-state index in [1.54, 1.807) is 7.11 Å². The van der Waals surface area contributed by atoms with E-state index in [9.17, 15) is 4.79 Å². The number of piperidine rings is 1. The highest BCUT2D eigenvalue weighted by atomic mass is 16.5. The predicted molar refractivity (Wildman–Crippen MR) is 146 cm³/mol. The molecule has 0 radical (unpaired) electrons. The molecule has 1 unspecified atom stereocenters. The number of allylic oxidation sites excluding steroid dienone is 2. The van der Waals surface area contributed by atoms with Crippen molar-refractivity contribution >= 4 is 11.7 Å². The zero-order valence-corrected chi connectivity index (χ0v) is 22.7. The molecule has 1 amide bonds. The van der Waals surface area contributed by atoms with Gasteiger partial charge < -0.3 is 24.4 Å². The van der Waals surface area contributed by atoms with Crippen LogP contribution in [-0.4, -0.2) is 70.5 Å². The summed E-state index contributed by atoms with van der Waals surface area (Å²) >= 11 is 0. The molecule has 1 N–H and O–H groups in total. The fourth-order valence-electron chi connectivity index (χ4n) is 5.79. The summed E-state index contributed by atoms with van der Waals surface area (Å²) in [5.74, 6) is 2.58. The van der Waals surface area contributed by atoms with Crippen molar-refractivity contribution in [3.8, 4) is 11.5 Å². The van der Waals surface area contributed by atoms with Gasteiger partial charge in [-0.25, -0.2) is 4.99 Å². The van der Waals surface area contributed by atoms with Crippen molar-refractivity contribution in [2.45, 2.75) is 58.2 Å². The number of carbonyl (C=O) groups is 1. The maximum atomic E-state index is 13.9. The van der Waals surface area contributed by atoms with Crippen LogP contribution in [0.2, 0.25) is 0 Å². The summed E-state index contributed by atoms with van der Waals surface area (Å²) in [7, 11) is 1.60. The molecule has 1 aromatic heterocycles. The summed E-state index contributed by atoms with van der Waals surface area (Å²) in [6.45, 7) is 12.4. The van der Waals surface area contributed by atoms with Crippen molar-refractivity contribution in [3.63, 3.8) is 0 Å². The van der Waals surface area contributed by atoms with Gasteiger partial charge in [-0.1, -0.05) is 42.4 Å². The van der Waals surface area contributed by atoms with E-state index in [0.29, 0.717) is 30.7 Å². The molecule has 1 aromatic carbocycles. The maximum absolute atomic E-state index is 13.9. The monoisotopic (exact) mass is 518 g/mol. The second-order valence-electron chi connectivity index (χ2n) is 10.7. The van der Waals surface area contributed by atoms with Crippen LogP contribution in [0, 0.1) is 5.92 Å². The number of hydrogen-bond donors (Lipinski definition) is 1. The van der Waals surface area contributed by atoms with Gasteiger partial charge in [0.25, 0.3) is 5.89 Å². The Balaban J connectivity index is 1.29. The molecule has 5 rings (SSSR count). The molecule has 2 fully saturated rings. The molecule has 9 nitrogen and oxygen atoms in total. The lowest BCUT2D eigenvalue weighted by molar-refractivity contribution is -0.144. The Morgan fingerprint density at radius 1 is 1.24 bits per heavy atom. The molecule has 1 spiro atoms. The van der Waals surface area contributed by atoms with Gasteiger partial charge in [0.2, 0.25) is 5.91 Å². The van der Waals surface area contributed by atoms with E-state index in [0.717, 1.165) is 68.0 Å². The SMILES string of the molecule is C=C1/C=C(/C)CCC(C)C(N2CCC3(CC2)NCCN(Cc2ccccc2-c2nc(COC)no2)C3=O)=N1. The second kappa shape index (κ2) is 11.2. The molecule has 38 heavy (non-hydrogen) atoms. The lowest BCUT2D eigenvalue weighted by Gasteiger charge is -2.48. The third kappa shape index (κ3) is 5.44. The lowest BCUT2D eigenvalue weighted by Crippen LogP contribution is -2.67. The number of rotatable bonds is 5. The van der Waals surface area contributed by atoms with E-state index in [2.05, 4.69) is 46.9 Å². The molecule has 1 atom stereocenters. The zero-order valence-electron chi connectivity index (χ0n) is 22.7. The molecule has 3 aliphatic heterocycles. The first-order chi connectivity index (χ1) is 18.4. The van der Waals surface area contributed by atoms with Crippen LogP contribution in [0.15, 0.2) is 57.7 Å². The van der Waals surface area contributed by atoms with Crippen molar-refractivity contribution in [1.82, 2.24) is 25.3 Å². The van der Waals surface area contributed by atoms with Gasteiger partial charge in [0.05, 0.1) is 5.70 Å². The maximum Gasteiger partial charge on any atom is 0.258 e. The lowest BCUT2D eigenvalue weighted by atomic mass is 9.83. The Labute approximate surface area is 224 Å². The minimum Gasteiger partial charge on any atom is -0.377 e. The second-order valence-corrected chi connectivity index (χ2v) is 10.7. The normalized spacial score (nSPS) is 23.6. The van der Waals surface area contributed by atoms with Crippen LogP contribution in [-0.2, 0) is 22.7 Å². The number of methoxy groups -OCH3 is 1. The predicted octanol–water partition coefficient (Wildman–Crippen LogP) is 3.94. The molecule has 0 bridgehead atoms. The largest absolute Gasteiger partial charge is 0.377 e. The molecule has 9 heteroatoms. The number of hydrogen-bond acceptors (Lipinski definition) is 8. The van der Waals surface area contributed by atoms with E-state index in [1.165, 1.54) is 5.57 Å². The number of likely N-dealkylation sites (tertiary alicyclic amines) is 1. The van der Waals surface area contributed by atoms with Crippen molar-refractivity contribution in [1.29, 1.82) is 0 Å². The highest BCUT2D eigenvalue weighted by Crippen LogP contribution is 2.32. The van der Waals surface area contributed by atoms with Gasteiger partial charge >= 0.3 is 0 Å². The molecule has 2 saturated heterocycles. The molecule has 0 aliphatic carbocycles. The Bertz CT molecular complexity index is 1240. The van der Waals surface area contributed by atoms with Crippen molar-refractivity contribution in [2.75, 3.05) is 33.3 Å². The van der Waals surface area contributed by atoms with Gasteiger partial charge in [-0.2, -0.15) is 4.98 Å². The quantitative estimate of drug-likeness (QED) is 0.641. The Morgan fingerprint density at radius 3 is 2.82 bits per heavy atom. The van der Waals surface area contributed by atoms with Crippen LogP contribution < -0.4 is 5.32 Å². The number of aromatic nitrogens is 2. The number of amidine groups is 1. The smallest absolute Gasteiger partial charge is 0.258 e. The topological polar surface area (TPSA) is 96.1 Å². The van der Waals surface area contributed by atoms with Gasteiger partial charge in [-0.05, 0) is 50.3 Å². The van der Waals surface area contributed by atoms with Crippen LogP contribution in [0.5, 0.6) is 0 Å². The average molecular weight is 519 g/mol. The number of ether oxygens (including phenoxy) is 1. The fourth-order valence-corrected chi connectivity index (χ4v) is 5.79. The van der Waals surface area contributed by atoms with Crippen LogP contribution in [0.25, 0.3) is 11.5 Å². The molecule has 3 aliphatic rings. The number of carbonyl (C=O) groups excluding carboxylic acids is 1. The Hall–Kier alpha value is -3.30. The summed E-state index contributed by atoms with van der Waals surface area (Å²) < 4.78 is 10.6. The van der Waals surface area contributed by atoms with Crippen LogP contribution in [0.3, 0.4) is 0 Å². The minimum absolute atomic E-state index is 0.166. The van der Waals surface area contributed by atoms with Gasteiger partial charge in [0.15, 0.2) is 5.82 Å². The summed E-state index contributed by atoms with van der Waals surface area (Å²) in [6.07, 6.45) is 5.73. The zero-order chi connectivity index (χ0) is 26.7. The number of nitrogens with zero attached hydrogens (tertiary/aromatic N) is 5. The van der Waals surface area contributed by atoms with Gasteiger partial charge in [0, 0.05) is 51.3 Å². The van der Waals surface area contributed by atoms with E-state index >= 15 is 0 Å². The number of piperazine rings is 1. The third-order valence-corrected chi connectivity index (χ3v) is 7.92. The molecule has 4 heterocycles. The van der Waals surface area contributed by atoms with Gasteiger partial charge in [-0.3, -0.25) is 4.79 Å². The van der Waals surface area contributed by atoms with Gasteiger partial charge in [0.1, 0.15) is 18.0 Å². The molecular formula is C29H38N6O3. The standard InChI is InChI=1S/C29H38N6O3/c1-20-9-10-21(2)26(31-22(3)17-20)34-14-11-29(12-15-34)28(36)35(16-13-30-29)18-23-7-5-6-8-24(23)27-32-25(19-37-4)33-38-27/h5-8,17,21,30H,3,9-16,18-19H2,1-2,4H3/b20-17-,31-26?. The molecule has 202 valence electrons. The number of aliphatic imine (C=N–C) groups is 1. The minimum atomic E-state index is -0.543. The van der Waals surface area contributed by atoms with Crippen molar-refractivity contribution in [2.24, 2.45) is 10.9 Å². The van der Waals surface area contributed by atoms with E-state index in [4.69, 9.17) is 14.3 Å². The highest BCUT2D eigenvalue weighted by Gasteiger charge is 2.46. The van der Waals surface area contributed by atoms with E-state index in [-0.39, 0.29) is 12.5 Å². The molecular weight excluding hydrogens is 480 g/mol. The molecule has 2 aromatic rings. The fraction of sp³-hybridized carbons (Fsp3) is 0.517. The Morgan fingerprint density at radius 2 is 2.03 bits per heavy atom. The molecule has 0 saturated carbocycles. The number of nitrogens with one attached hydrogen (secondary N) is 1. The first kappa shape index (κ1) is 26.3. The van der Waals surface area contributed by atoms with Gasteiger partial charge in [-0.15, -0.1) is 0 Å². The summed E-state index contributed by atoms with van der Waals surface area (Å²) in [5.41, 5.74) is 3.44. The first-order valence-corrected chi connectivity index (χ1v) is 13.5.